The third-order valence-corrected chi connectivity index (χ3v) is 1.14. The summed E-state index contributed by atoms with van der Waals surface area (Å²) in [4.78, 5) is 20.6. The van der Waals surface area contributed by atoms with Crippen LogP contribution in [0, 0.1) is 0 Å². The molecule has 4 N–H and O–H groups in total. The highest BCUT2D eigenvalue weighted by molar-refractivity contribution is 5.97. The fourth-order valence-electron chi connectivity index (χ4n) is 0.586. The first-order chi connectivity index (χ1) is 5.07. The first kappa shape index (κ1) is 10.1. The SMILES string of the molecule is NCCC(O)C(=O)CC(=O)O. The molecule has 0 bridgehead atoms. The first-order valence-corrected chi connectivity index (χ1v) is 3.20. The zero-order valence-corrected chi connectivity index (χ0v) is 5.99. The monoisotopic (exact) mass is 161 g/mol. The van der Waals surface area contributed by atoms with Crippen LogP contribution in [0.5, 0.6) is 0 Å². The summed E-state index contributed by atoms with van der Waals surface area (Å²) in [6.07, 6.45) is -1.75. The van der Waals surface area contributed by atoms with Gasteiger partial charge in [0, 0.05) is 0 Å². The molecular weight excluding hydrogens is 150 g/mol. The maximum Gasteiger partial charge on any atom is 0.310 e. The van der Waals surface area contributed by atoms with Crippen molar-refractivity contribution in [1.82, 2.24) is 0 Å². The van der Waals surface area contributed by atoms with Crippen molar-refractivity contribution in [3.63, 3.8) is 0 Å². The van der Waals surface area contributed by atoms with Crippen molar-refractivity contribution in [1.29, 1.82) is 0 Å². The van der Waals surface area contributed by atoms with Gasteiger partial charge in [-0.1, -0.05) is 0 Å². The number of carboxylic acids is 1. The molecule has 5 nitrogen and oxygen atoms in total. The van der Waals surface area contributed by atoms with Gasteiger partial charge >= 0.3 is 5.97 Å². The average Bonchev–Trinajstić information content (AvgIpc) is 1.86. The van der Waals surface area contributed by atoms with Crippen LogP contribution in [0.1, 0.15) is 12.8 Å². The van der Waals surface area contributed by atoms with E-state index < -0.39 is 24.3 Å². The van der Waals surface area contributed by atoms with Crippen molar-refractivity contribution >= 4 is 11.8 Å². The molecule has 0 aromatic heterocycles. The lowest BCUT2D eigenvalue weighted by Gasteiger charge is -2.04. The third-order valence-electron chi connectivity index (χ3n) is 1.14. The number of aliphatic hydroxyl groups excluding tert-OH is 1. The van der Waals surface area contributed by atoms with Gasteiger partial charge in [0.2, 0.25) is 0 Å². The van der Waals surface area contributed by atoms with E-state index in [1.54, 1.807) is 0 Å². The van der Waals surface area contributed by atoms with E-state index in [9.17, 15) is 9.59 Å². The van der Waals surface area contributed by atoms with Gasteiger partial charge in [-0.25, -0.2) is 0 Å². The van der Waals surface area contributed by atoms with Gasteiger partial charge in [0.25, 0.3) is 0 Å². The largest absolute Gasteiger partial charge is 0.481 e. The van der Waals surface area contributed by atoms with Crippen molar-refractivity contribution in [2.45, 2.75) is 18.9 Å². The Morgan fingerprint density at radius 3 is 2.36 bits per heavy atom. The molecule has 11 heavy (non-hydrogen) atoms. The van der Waals surface area contributed by atoms with Crippen LogP contribution >= 0.6 is 0 Å². The molecule has 1 unspecified atom stereocenters. The van der Waals surface area contributed by atoms with E-state index in [-0.39, 0.29) is 13.0 Å². The van der Waals surface area contributed by atoms with Crippen molar-refractivity contribution in [3.05, 3.63) is 0 Å². The van der Waals surface area contributed by atoms with Crippen molar-refractivity contribution in [2.75, 3.05) is 6.54 Å². The molecule has 64 valence electrons. The fraction of sp³-hybridized carbons (Fsp3) is 0.667. The molecule has 0 aliphatic heterocycles. The number of aliphatic carboxylic acids is 1. The van der Waals surface area contributed by atoms with E-state index in [4.69, 9.17) is 15.9 Å². The van der Waals surface area contributed by atoms with Crippen LogP contribution in [0.3, 0.4) is 0 Å². The Balaban J connectivity index is 3.73. The number of hydrogen-bond acceptors (Lipinski definition) is 4. The Labute approximate surface area is 63.8 Å². The highest BCUT2D eigenvalue weighted by Crippen LogP contribution is 1.95. The lowest BCUT2D eigenvalue weighted by atomic mass is 10.1. The van der Waals surface area contributed by atoms with Crippen LogP contribution in [0.4, 0.5) is 0 Å². The summed E-state index contributed by atoms with van der Waals surface area (Å²) in [6.45, 7) is 0.173. The van der Waals surface area contributed by atoms with Crippen molar-refractivity contribution in [3.8, 4) is 0 Å². The molecule has 0 spiro atoms. The van der Waals surface area contributed by atoms with Gasteiger partial charge in [-0.2, -0.15) is 0 Å². The highest BCUT2D eigenvalue weighted by atomic mass is 16.4. The molecule has 0 aliphatic carbocycles. The Morgan fingerprint density at radius 2 is 2.00 bits per heavy atom. The molecule has 0 saturated heterocycles. The molecule has 0 fully saturated rings. The lowest BCUT2D eigenvalue weighted by Crippen LogP contribution is -2.25. The molecule has 0 heterocycles. The molecule has 5 heteroatoms. The zero-order valence-electron chi connectivity index (χ0n) is 5.99. The van der Waals surface area contributed by atoms with Crippen LogP contribution in [0.2, 0.25) is 0 Å². The zero-order chi connectivity index (χ0) is 8.85. The van der Waals surface area contributed by atoms with Gasteiger partial charge in [-0.15, -0.1) is 0 Å². The Hall–Kier alpha value is -0.940. The lowest BCUT2D eigenvalue weighted by molar-refractivity contribution is -0.142. The summed E-state index contributed by atoms with van der Waals surface area (Å²) >= 11 is 0. The fourth-order valence-corrected chi connectivity index (χ4v) is 0.586. The molecule has 0 amide bonds. The minimum absolute atomic E-state index is 0.117. The van der Waals surface area contributed by atoms with E-state index in [0.29, 0.717) is 0 Å². The molecule has 0 rings (SSSR count). The highest BCUT2D eigenvalue weighted by Gasteiger charge is 2.16. The smallest absolute Gasteiger partial charge is 0.310 e. The maximum atomic E-state index is 10.7. The van der Waals surface area contributed by atoms with Crippen LogP contribution < -0.4 is 5.73 Å². The minimum atomic E-state index is -1.23. The van der Waals surface area contributed by atoms with Crippen LogP contribution in [0.15, 0.2) is 0 Å². The van der Waals surface area contributed by atoms with Gasteiger partial charge in [-0.05, 0) is 13.0 Å². The van der Waals surface area contributed by atoms with E-state index in [2.05, 4.69) is 0 Å². The molecule has 0 aromatic carbocycles. The number of Topliss-reactive ketones (excluding diaryl/α,β-unsaturated/α-hetero) is 1. The summed E-state index contributed by atoms with van der Waals surface area (Å²) in [7, 11) is 0. The van der Waals surface area contributed by atoms with Crippen LogP contribution in [0.25, 0.3) is 0 Å². The number of hydrogen-bond donors (Lipinski definition) is 3. The van der Waals surface area contributed by atoms with Crippen LogP contribution in [-0.4, -0.2) is 34.6 Å². The summed E-state index contributed by atoms with van der Waals surface area (Å²) in [5.41, 5.74) is 5.04. The Kier molecular flexibility index (Phi) is 4.40. The molecule has 0 aromatic rings. The Bertz CT molecular complexity index is 157. The summed E-state index contributed by atoms with van der Waals surface area (Å²) in [5.74, 6) is -1.92. The van der Waals surface area contributed by atoms with Gasteiger partial charge < -0.3 is 15.9 Å². The number of carbonyl (C=O) groups is 2. The van der Waals surface area contributed by atoms with E-state index in [1.165, 1.54) is 0 Å². The predicted octanol–water partition coefficient (Wildman–Crippen LogP) is -1.26. The number of ketones is 1. The first-order valence-electron chi connectivity index (χ1n) is 3.20. The van der Waals surface area contributed by atoms with Crippen molar-refractivity contribution < 1.29 is 19.8 Å². The standard InChI is InChI=1S/C6H11NO4/c7-2-1-4(8)5(9)3-6(10)11/h4,8H,1-3,7H2,(H,10,11). The second-order valence-corrected chi connectivity index (χ2v) is 2.13. The average molecular weight is 161 g/mol. The Morgan fingerprint density at radius 1 is 1.45 bits per heavy atom. The molecule has 0 radical (unpaired) electrons. The van der Waals surface area contributed by atoms with Crippen molar-refractivity contribution in [2.24, 2.45) is 5.73 Å². The number of carboxylic acid groups (broad SMARTS) is 1. The molecular formula is C6H11NO4. The summed E-state index contributed by atoms with van der Waals surface area (Å²) in [6, 6.07) is 0. The number of carbonyl (C=O) groups excluding carboxylic acids is 1. The summed E-state index contributed by atoms with van der Waals surface area (Å²) in [5, 5.41) is 17.0. The number of nitrogens with two attached hydrogens (primary N) is 1. The van der Waals surface area contributed by atoms with Gasteiger partial charge in [-0.3, -0.25) is 9.59 Å². The van der Waals surface area contributed by atoms with E-state index in [1.807, 2.05) is 0 Å². The number of aliphatic hydroxyl groups is 1. The number of rotatable bonds is 5. The maximum absolute atomic E-state index is 10.7. The van der Waals surface area contributed by atoms with Gasteiger partial charge in [0.1, 0.15) is 12.5 Å². The van der Waals surface area contributed by atoms with Gasteiger partial charge in [0.15, 0.2) is 5.78 Å². The molecule has 0 saturated carbocycles. The van der Waals surface area contributed by atoms with E-state index >= 15 is 0 Å². The predicted molar refractivity (Wildman–Crippen MR) is 36.9 cm³/mol. The van der Waals surface area contributed by atoms with Crippen LogP contribution in [-0.2, 0) is 9.59 Å². The van der Waals surface area contributed by atoms with Gasteiger partial charge in [0.05, 0.1) is 0 Å². The van der Waals surface area contributed by atoms with E-state index in [0.717, 1.165) is 0 Å². The quantitative estimate of drug-likeness (QED) is 0.437. The molecule has 1 atom stereocenters. The summed E-state index contributed by atoms with van der Waals surface area (Å²) < 4.78 is 0. The topological polar surface area (TPSA) is 101 Å². The normalized spacial score (nSPS) is 12.5. The third kappa shape index (κ3) is 4.46. The molecule has 0 aliphatic rings. The second kappa shape index (κ2) is 4.81. The second-order valence-electron chi connectivity index (χ2n) is 2.13. The minimum Gasteiger partial charge on any atom is -0.481 e.